The maximum absolute atomic E-state index is 12.1. The van der Waals surface area contributed by atoms with Crippen molar-refractivity contribution in [1.29, 1.82) is 0 Å². The highest BCUT2D eigenvalue weighted by atomic mass is 16.6. The molecule has 0 aliphatic carbocycles. The van der Waals surface area contributed by atoms with Gasteiger partial charge in [-0.05, 0) is 39.0 Å². The zero-order valence-electron chi connectivity index (χ0n) is 12.5. The Labute approximate surface area is 114 Å². The molecule has 110 valence electrons. The number of rotatable bonds is 3. The van der Waals surface area contributed by atoms with Crippen LogP contribution in [0.5, 0.6) is 0 Å². The van der Waals surface area contributed by atoms with Gasteiger partial charge in [0, 0.05) is 6.54 Å². The highest BCUT2D eigenvalue weighted by molar-refractivity contribution is 5.81. The van der Waals surface area contributed by atoms with Gasteiger partial charge in [-0.15, -0.1) is 0 Å². The largest absolute Gasteiger partial charge is 0.480 e. The topological polar surface area (TPSA) is 66.8 Å². The van der Waals surface area contributed by atoms with Crippen LogP contribution in [-0.2, 0) is 9.53 Å². The number of carboxylic acids is 1. The van der Waals surface area contributed by atoms with Crippen molar-refractivity contribution in [3.8, 4) is 0 Å². The summed E-state index contributed by atoms with van der Waals surface area (Å²) in [5.41, 5.74) is -0.738. The molecule has 19 heavy (non-hydrogen) atoms. The molecular formula is C14H25NO4. The minimum Gasteiger partial charge on any atom is -0.480 e. The van der Waals surface area contributed by atoms with Crippen LogP contribution in [0.4, 0.5) is 4.79 Å². The quantitative estimate of drug-likeness (QED) is 0.857. The van der Waals surface area contributed by atoms with Gasteiger partial charge in [-0.3, -0.25) is 4.90 Å². The molecule has 0 bridgehead atoms. The Hall–Kier alpha value is -1.26. The van der Waals surface area contributed by atoms with Gasteiger partial charge in [-0.1, -0.05) is 20.3 Å². The summed E-state index contributed by atoms with van der Waals surface area (Å²) in [4.78, 5) is 24.8. The second-order valence-electron chi connectivity index (χ2n) is 6.73. The minimum absolute atomic E-state index is 0.130. The molecule has 0 radical (unpaired) electrons. The van der Waals surface area contributed by atoms with Gasteiger partial charge in [0.05, 0.1) is 0 Å². The van der Waals surface area contributed by atoms with E-state index in [1.807, 2.05) is 6.92 Å². The van der Waals surface area contributed by atoms with E-state index in [9.17, 15) is 14.7 Å². The van der Waals surface area contributed by atoms with E-state index in [-0.39, 0.29) is 5.41 Å². The molecule has 1 aliphatic heterocycles. The summed E-state index contributed by atoms with van der Waals surface area (Å²) in [6.45, 7) is 9.90. The van der Waals surface area contributed by atoms with Gasteiger partial charge in [0.15, 0.2) is 0 Å². The predicted molar refractivity (Wildman–Crippen MR) is 72.0 cm³/mol. The third kappa shape index (κ3) is 4.11. The van der Waals surface area contributed by atoms with Crippen LogP contribution in [0.25, 0.3) is 0 Å². The van der Waals surface area contributed by atoms with Gasteiger partial charge in [-0.2, -0.15) is 0 Å². The van der Waals surface area contributed by atoms with Crippen molar-refractivity contribution < 1.29 is 19.4 Å². The normalized spacial score (nSPS) is 27.4. The number of carboxylic acid groups (broad SMARTS) is 1. The number of ether oxygens (including phenoxy) is 1. The van der Waals surface area contributed by atoms with E-state index < -0.39 is 23.7 Å². The lowest BCUT2D eigenvalue weighted by molar-refractivity contribution is -0.142. The number of hydrogen-bond acceptors (Lipinski definition) is 3. The van der Waals surface area contributed by atoms with Gasteiger partial charge in [0.2, 0.25) is 0 Å². The van der Waals surface area contributed by atoms with Gasteiger partial charge in [0.25, 0.3) is 0 Å². The lowest BCUT2D eigenvalue weighted by atomic mass is 9.83. The van der Waals surface area contributed by atoms with Gasteiger partial charge in [0.1, 0.15) is 11.6 Å². The summed E-state index contributed by atoms with van der Waals surface area (Å²) in [7, 11) is 0. The van der Waals surface area contributed by atoms with Crippen LogP contribution < -0.4 is 0 Å². The van der Waals surface area contributed by atoms with Crippen LogP contribution in [-0.4, -0.2) is 40.3 Å². The minimum atomic E-state index is -0.953. The first-order valence-corrected chi connectivity index (χ1v) is 6.80. The van der Waals surface area contributed by atoms with Crippen LogP contribution in [0.15, 0.2) is 0 Å². The number of carbonyl (C=O) groups excluding carboxylic acids is 1. The summed E-state index contributed by atoms with van der Waals surface area (Å²) in [6, 6.07) is -0.772. The Kier molecular flexibility index (Phi) is 4.48. The number of hydrogen-bond donors (Lipinski definition) is 1. The molecular weight excluding hydrogens is 246 g/mol. The van der Waals surface area contributed by atoms with Gasteiger partial charge < -0.3 is 9.84 Å². The van der Waals surface area contributed by atoms with Crippen molar-refractivity contribution in [2.45, 2.75) is 65.5 Å². The number of likely N-dealkylation sites (tertiary alicyclic amines) is 1. The van der Waals surface area contributed by atoms with Crippen molar-refractivity contribution in [3.05, 3.63) is 0 Å². The summed E-state index contributed by atoms with van der Waals surface area (Å²) in [5.74, 6) is -0.953. The first kappa shape index (κ1) is 15.8. The van der Waals surface area contributed by atoms with E-state index in [2.05, 4.69) is 6.92 Å². The molecule has 2 atom stereocenters. The molecule has 0 aromatic rings. The van der Waals surface area contributed by atoms with Crippen LogP contribution in [0.1, 0.15) is 53.9 Å². The smallest absolute Gasteiger partial charge is 0.411 e. The average molecular weight is 271 g/mol. The third-order valence-corrected chi connectivity index (χ3v) is 3.38. The molecule has 5 heteroatoms. The summed E-state index contributed by atoms with van der Waals surface area (Å²) >= 11 is 0. The first-order valence-electron chi connectivity index (χ1n) is 6.80. The van der Waals surface area contributed by atoms with Crippen molar-refractivity contribution >= 4 is 12.1 Å². The molecule has 1 amide bonds. The van der Waals surface area contributed by atoms with Crippen LogP contribution in [0.2, 0.25) is 0 Å². The third-order valence-electron chi connectivity index (χ3n) is 3.38. The fourth-order valence-electron chi connectivity index (χ4n) is 2.68. The van der Waals surface area contributed by atoms with Crippen LogP contribution in [0, 0.1) is 5.41 Å². The van der Waals surface area contributed by atoms with Gasteiger partial charge in [-0.25, -0.2) is 9.59 Å². The fraction of sp³-hybridized carbons (Fsp3) is 0.857. The van der Waals surface area contributed by atoms with Crippen LogP contribution >= 0.6 is 0 Å². The first-order chi connectivity index (χ1) is 8.58. The summed E-state index contributed by atoms with van der Waals surface area (Å²) in [6.07, 6.45) is 1.86. The second-order valence-corrected chi connectivity index (χ2v) is 6.73. The Balaban J connectivity index is 2.85. The summed E-state index contributed by atoms with van der Waals surface area (Å²) < 4.78 is 5.30. The van der Waals surface area contributed by atoms with E-state index in [1.54, 1.807) is 20.8 Å². The maximum Gasteiger partial charge on any atom is 0.411 e. The van der Waals surface area contributed by atoms with E-state index in [0.29, 0.717) is 13.0 Å². The highest BCUT2D eigenvalue weighted by Crippen LogP contribution is 2.39. The van der Waals surface area contributed by atoms with E-state index in [4.69, 9.17) is 4.74 Å². The molecule has 0 aromatic carbocycles. The van der Waals surface area contributed by atoms with Crippen molar-refractivity contribution in [3.63, 3.8) is 0 Å². The average Bonchev–Trinajstić information content (AvgIpc) is 2.54. The number of amides is 1. The standard InChI is InChI=1S/C14H25NO4/c1-6-7-14(5)8-10(11(16)17)15(9-14)12(18)19-13(2,3)4/h10H,6-9H2,1-5H3,(H,16,17)/t10-,14+/m0/s1. The van der Waals surface area contributed by atoms with Crippen molar-refractivity contribution in [2.24, 2.45) is 5.41 Å². The van der Waals surface area contributed by atoms with Crippen LogP contribution in [0.3, 0.4) is 0 Å². The lowest BCUT2D eigenvalue weighted by Gasteiger charge is -2.27. The number of nitrogens with zero attached hydrogens (tertiary/aromatic N) is 1. The molecule has 1 fully saturated rings. The molecule has 0 saturated carbocycles. The van der Waals surface area contributed by atoms with E-state index >= 15 is 0 Å². The Morgan fingerprint density at radius 3 is 2.42 bits per heavy atom. The highest BCUT2D eigenvalue weighted by Gasteiger charge is 2.46. The van der Waals surface area contributed by atoms with Crippen molar-refractivity contribution in [2.75, 3.05) is 6.54 Å². The Morgan fingerprint density at radius 1 is 1.42 bits per heavy atom. The predicted octanol–water partition coefficient (Wildman–Crippen LogP) is 2.89. The lowest BCUT2D eigenvalue weighted by Crippen LogP contribution is -2.43. The molecule has 0 aromatic heterocycles. The van der Waals surface area contributed by atoms with E-state index in [0.717, 1.165) is 12.8 Å². The monoisotopic (exact) mass is 271 g/mol. The zero-order valence-corrected chi connectivity index (χ0v) is 12.5. The SMILES string of the molecule is CCC[C@]1(C)C[C@@H](C(=O)O)N(C(=O)OC(C)(C)C)C1. The Bertz CT molecular complexity index is 361. The molecule has 1 rings (SSSR count). The number of carbonyl (C=O) groups is 2. The molecule has 1 N–H and O–H groups in total. The zero-order chi connectivity index (χ0) is 14.8. The molecule has 0 unspecified atom stereocenters. The van der Waals surface area contributed by atoms with Gasteiger partial charge >= 0.3 is 12.1 Å². The molecule has 1 aliphatic rings. The fourth-order valence-corrected chi connectivity index (χ4v) is 2.68. The summed E-state index contributed by atoms with van der Waals surface area (Å²) in [5, 5.41) is 9.28. The molecule has 1 heterocycles. The Morgan fingerprint density at radius 2 is 2.00 bits per heavy atom. The molecule has 0 spiro atoms. The molecule has 1 saturated heterocycles. The molecule has 5 nitrogen and oxygen atoms in total. The van der Waals surface area contributed by atoms with E-state index in [1.165, 1.54) is 4.90 Å². The number of aliphatic carboxylic acids is 1. The van der Waals surface area contributed by atoms with Crippen molar-refractivity contribution in [1.82, 2.24) is 4.90 Å². The second kappa shape index (κ2) is 5.39. The maximum atomic E-state index is 12.1.